The lowest BCUT2D eigenvalue weighted by atomic mass is 10.2. The lowest BCUT2D eigenvalue weighted by Crippen LogP contribution is -2.27. The second-order valence-electron chi connectivity index (χ2n) is 7.69. The zero-order valence-electron chi connectivity index (χ0n) is 19.4. The molecule has 3 aromatic rings. The fourth-order valence-corrected chi connectivity index (χ4v) is 5.79. The van der Waals surface area contributed by atoms with Crippen LogP contribution in [0.25, 0.3) is 10.2 Å². The zero-order valence-corrected chi connectivity index (χ0v) is 21.8. The first-order valence-corrected chi connectivity index (χ1v) is 13.2. The minimum absolute atomic E-state index is 0.107. The molecule has 8 nitrogen and oxygen atoms in total. The van der Waals surface area contributed by atoms with Crippen molar-refractivity contribution >= 4 is 55.1 Å². The van der Waals surface area contributed by atoms with E-state index in [0.29, 0.717) is 21.9 Å². The molecule has 0 fully saturated rings. The van der Waals surface area contributed by atoms with Gasteiger partial charge in [-0.25, -0.2) is 12.7 Å². The Morgan fingerprint density at radius 1 is 1.18 bits per heavy atom. The number of unbranched alkanes of at least 4 members (excludes halogenated alkanes) is 1. The third-order valence-corrected chi connectivity index (χ3v) is 8.70. The van der Waals surface area contributed by atoms with E-state index in [1.54, 1.807) is 16.7 Å². The number of aromatic nitrogens is 1. The second kappa shape index (κ2) is 10.8. The number of hydrogen-bond donors (Lipinski definition) is 0. The topological polar surface area (TPSA) is 98.0 Å². The average molecular weight is 524 g/mol. The van der Waals surface area contributed by atoms with Crippen molar-refractivity contribution in [2.75, 3.05) is 20.7 Å². The molecule has 182 valence electrons. The number of carbonyl (C=O) groups excluding carboxylic acids is 2. The van der Waals surface area contributed by atoms with Crippen LogP contribution in [0.2, 0.25) is 5.02 Å². The highest BCUT2D eigenvalue weighted by molar-refractivity contribution is 7.89. The largest absolute Gasteiger partial charge is 0.468 e. The van der Waals surface area contributed by atoms with Crippen LogP contribution >= 0.6 is 22.9 Å². The van der Waals surface area contributed by atoms with Gasteiger partial charge in [0, 0.05) is 24.2 Å². The van der Waals surface area contributed by atoms with Gasteiger partial charge >= 0.3 is 5.97 Å². The normalized spacial score (nSPS) is 12.5. The Morgan fingerprint density at radius 2 is 1.85 bits per heavy atom. The van der Waals surface area contributed by atoms with Gasteiger partial charge in [0.1, 0.15) is 6.54 Å². The van der Waals surface area contributed by atoms with Crippen LogP contribution in [0.5, 0.6) is 0 Å². The molecule has 0 unspecified atom stereocenters. The SMILES string of the molecule is CCCCN(C)S(=O)(=O)c1ccc(C(=O)N=c2sc3ccc(Cl)c(C)c3n2CC(=O)OC)cc1. The number of halogens is 1. The molecule has 0 N–H and O–H groups in total. The number of ether oxygens (including phenoxy) is 1. The van der Waals surface area contributed by atoms with Crippen LogP contribution in [0.15, 0.2) is 46.3 Å². The molecular weight excluding hydrogens is 498 g/mol. The number of carbonyl (C=O) groups is 2. The van der Waals surface area contributed by atoms with Gasteiger partial charge in [-0.15, -0.1) is 0 Å². The molecule has 1 aromatic heterocycles. The summed E-state index contributed by atoms with van der Waals surface area (Å²) in [6.45, 7) is 4.11. The number of aryl methyl sites for hydroxylation is 1. The molecule has 1 amide bonds. The summed E-state index contributed by atoms with van der Waals surface area (Å²) in [7, 11) is -0.813. The van der Waals surface area contributed by atoms with Gasteiger partial charge < -0.3 is 9.30 Å². The molecule has 2 aromatic carbocycles. The van der Waals surface area contributed by atoms with Crippen molar-refractivity contribution < 1.29 is 22.7 Å². The Hall–Kier alpha value is -2.53. The van der Waals surface area contributed by atoms with Crippen LogP contribution in [-0.4, -0.2) is 49.9 Å². The zero-order chi connectivity index (χ0) is 25.0. The van der Waals surface area contributed by atoms with Crippen LogP contribution in [0.1, 0.15) is 35.7 Å². The standard InChI is InChI=1S/C23H26ClN3O5S2/c1-5-6-13-26(3)34(30,31)17-9-7-16(8-10-17)22(29)25-23-27(14-20(28)32-4)21-15(2)18(24)11-12-19(21)33-23/h7-12H,5-6,13-14H2,1-4H3. The van der Waals surface area contributed by atoms with E-state index in [-0.39, 0.29) is 17.0 Å². The fraction of sp³-hybridized carbons (Fsp3) is 0.348. The quantitative estimate of drug-likeness (QED) is 0.416. The minimum atomic E-state index is -3.64. The highest BCUT2D eigenvalue weighted by Gasteiger charge is 2.21. The number of fused-ring (bicyclic) bond motifs is 1. The maximum absolute atomic E-state index is 12.9. The van der Waals surface area contributed by atoms with E-state index in [4.69, 9.17) is 16.3 Å². The number of rotatable bonds is 8. The van der Waals surface area contributed by atoms with Gasteiger partial charge in [0.15, 0.2) is 4.80 Å². The molecule has 0 radical (unpaired) electrons. The summed E-state index contributed by atoms with van der Waals surface area (Å²) in [5, 5.41) is 0.530. The number of methoxy groups -OCH3 is 1. The Kier molecular flexibility index (Phi) is 8.29. The predicted octanol–water partition coefficient (Wildman–Crippen LogP) is 4.00. The number of sulfonamides is 1. The van der Waals surface area contributed by atoms with Crippen molar-refractivity contribution in [3.05, 3.63) is 57.3 Å². The average Bonchev–Trinajstić information content (AvgIpc) is 3.16. The highest BCUT2D eigenvalue weighted by Crippen LogP contribution is 2.27. The van der Waals surface area contributed by atoms with Crippen molar-refractivity contribution in [1.29, 1.82) is 0 Å². The monoisotopic (exact) mass is 523 g/mol. The first-order chi connectivity index (χ1) is 16.1. The molecule has 0 spiro atoms. The lowest BCUT2D eigenvalue weighted by molar-refractivity contribution is -0.141. The van der Waals surface area contributed by atoms with Crippen LogP contribution in [-0.2, 0) is 26.1 Å². The number of benzene rings is 2. The number of thiazole rings is 1. The predicted molar refractivity (Wildman–Crippen MR) is 133 cm³/mol. The fourth-order valence-electron chi connectivity index (χ4n) is 3.34. The first-order valence-electron chi connectivity index (χ1n) is 10.6. The molecule has 0 saturated heterocycles. The second-order valence-corrected chi connectivity index (χ2v) is 11.1. The van der Waals surface area contributed by atoms with E-state index in [9.17, 15) is 18.0 Å². The summed E-state index contributed by atoms with van der Waals surface area (Å²) in [5.74, 6) is -1.05. The Bertz CT molecular complexity index is 1390. The van der Waals surface area contributed by atoms with Crippen molar-refractivity contribution in [3.8, 4) is 0 Å². The van der Waals surface area contributed by atoms with Crippen LogP contribution in [0.3, 0.4) is 0 Å². The molecule has 3 rings (SSSR count). The van der Waals surface area contributed by atoms with E-state index >= 15 is 0 Å². The number of nitrogens with zero attached hydrogens (tertiary/aromatic N) is 3. The van der Waals surface area contributed by atoms with E-state index in [1.165, 1.54) is 54.1 Å². The lowest BCUT2D eigenvalue weighted by Gasteiger charge is -2.16. The molecule has 11 heteroatoms. The summed E-state index contributed by atoms with van der Waals surface area (Å²) in [4.78, 5) is 29.6. The molecule has 0 bridgehead atoms. The van der Waals surface area contributed by atoms with E-state index in [1.807, 2.05) is 13.8 Å². The van der Waals surface area contributed by atoms with Crippen LogP contribution < -0.4 is 4.80 Å². The molecular formula is C23H26ClN3O5S2. The maximum Gasteiger partial charge on any atom is 0.325 e. The Morgan fingerprint density at radius 3 is 2.47 bits per heavy atom. The first kappa shape index (κ1) is 26.1. The summed E-state index contributed by atoms with van der Waals surface area (Å²) >= 11 is 7.52. The van der Waals surface area contributed by atoms with Gasteiger partial charge in [-0.2, -0.15) is 4.99 Å². The summed E-state index contributed by atoms with van der Waals surface area (Å²) in [5.41, 5.74) is 1.69. The van der Waals surface area contributed by atoms with Crippen LogP contribution in [0, 0.1) is 6.92 Å². The molecule has 0 atom stereocenters. The number of amides is 1. The number of hydrogen-bond acceptors (Lipinski definition) is 6. The molecule has 0 aliphatic heterocycles. The van der Waals surface area contributed by atoms with Crippen LogP contribution in [0.4, 0.5) is 0 Å². The van der Waals surface area contributed by atoms with Crippen molar-refractivity contribution in [3.63, 3.8) is 0 Å². The van der Waals surface area contributed by atoms with Gasteiger partial charge in [0.05, 0.1) is 22.2 Å². The molecule has 0 saturated carbocycles. The van der Waals surface area contributed by atoms with E-state index < -0.39 is 21.9 Å². The highest BCUT2D eigenvalue weighted by atomic mass is 35.5. The van der Waals surface area contributed by atoms with E-state index in [0.717, 1.165) is 23.1 Å². The molecule has 34 heavy (non-hydrogen) atoms. The van der Waals surface area contributed by atoms with Gasteiger partial charge in [-0.05, 0) is 55.3 Å². The summed E-state index contributed by atoms with van der Waals surface area (Å²) < 4.78 is 33.9. The van der Waals surface area contributed by atoms with Gasteiger partial charge in [-0.1, -0.05) is 36.3 Å². The van der Waals surface area contributed by atoms with Gasteiger partial charge in [0.25, 0.3) is 5.91 Å². The molecule has 0 aliphatic carbocycles. The van der Waals surface area contributed by atoms with E-state index in [2.05, 4.69) is 4.99 Å². The van der Waals surface area contributed by atoms with Crippen molar-refractivity contribution in [2.24, 2.45) is 4.99 Å². The van der Waals surface area contributed by atoms with Gasteiger partial charge in [-0.3, -0.25) is 9.59 Å². The third-order valence-electron chi connectivity index (χ3n) is 5.38. The van der Waals surface area contributed by atoms with Gasteiger partial charge in [0.2, 0.25) is 10.0 Å². The third kappa shape index (κ3) is 5.41. The minimum Gasteiger partial charge on any atom is -0.468 e. The summed E-state index contributed by atoms with van der Waals surface area (Å²) in [6, 6.07) is 9.23. The maximum atomic E-state index is 12.9. The van der Waals surface area contributed by atoms with Crippen molar-refractivity contribution in [2.45, 2.75) is 38.1 Å². The molecule has 0 aliphatic rings. The Balaban J connectivity index is 2.00. The summed E-state index contributed by atoms with van der Waals surface area (Å²) in [6.07, 6.45) is 1.64. The smallest absolute Gasteiger partial charge is 0.325 e. The number of esters is 1. The molecule has 1 heterocycles. The van der Waals surface area contributed by atoms with Crippen molar-refractivity contribution in [1.82, 2.24) is 8.87 Å². The Labute approximate surface area is 207 Å².